The fourth-order valence-corrected chi connectivity index (χ4v) is 2.55. The molecular formula is C20H25N3O2. The normalized spacial score (nSPS) is 11.8. The van der Waals surface area contributed by atoms with Crippen LogP contribution in [0.1, 0.15) is 25.0 Å². The molecule has 0 saturated heterocycles. The number of hydrogen-bond acceptors (Lipinski definition) is 3. The Labute approximate surface area is 149 Å². The molecule has 0 saturated carbocycles. The highest BCUT2D eigenvalue weighted by molar-refractivity contribution is 5.96. The van der Waals surface area contributed by atoms with Crippen LogP contribution in [0.3, 0.4) is 0 Å². The lowest BCUT2D eigenvalue weighted by atomic mass is 10.1. The third-order valence-electron chi connectivity index (χ3n) is 4.09. The van der Waals surface area contributed by atoms with Crippen molar-refractivity contribution in [1.29, 1.82) is 0 Å². The van der Waals surface area contributed by atoms with E-state index in [9.17, 15) is 9.59 Å². The van der Waals surface area contributed by atoms with E-state index in [0.29, 0.717) is 13.1 Å². The van der Waals surface area contributed by atoms with Gasteiger partial charge in [-0.3, -0.25) is 15.0 Å². The minimum absolute atomic E-state index is 0.302. The Morgan fingerprint density at radius 2 is 1.52 bits per heavy atom. The highest BCUT2D eigenvalue weighted by atomic mass is 16.2. The maximum absolute atomic E-state index is 12.3. The summed E-state index contributed by atoms with van der Waals surface area (Å²) in [4.78, 5) is 26.3. The van der Waals surface area contributed by atoms with Gasteiger partial charge in [0.15, 0.2) is 0 Å². The number of carbonyl (C=O) groups excluding carboxylic acids is 2. The molecule has 132 valence electrons. The molecule has 2 N–H and O–H groups in total. The first-order chi connectivity index (χ1) is 12.1. The molecule has 0 aliphatic rings. The highest BCUT2D eigenvalue weighted by Gasteiger charge is 2.21. The Hall–Kier alpha value is -2.66. The van der Waals surface area contributed by atoms with Crippen LogP contribution in [-0.4, -0.2) is 29.4 Å². The summed E-state index contributed by atoms with van der Waals surface area (Å²) < 4.78 is 0. The van der Waals surface area contributed by atoms with Gasteiger partial charge in [0, 0.05) is 13.1 Å². The summed E-state index contributed by atoms with van der Waals surface area (Å²) in [6, 6.07) is 18.7. The predicted molar refractivity (Wildman–Crippen MR) is 98.8 cm³/mol. The zero-order valence-electron chi connectivity index (χ0n) is 14.7. The third kappa shape index (κ3) is 6.04. The van der Waals surface area contributed by atoms with Crippen LogP contribution in [0.5, 0.6) is 0 Å². The van der Waals surface area contributed by atoms with Crippen molar-refractivity contribution in [1.82, 2.24) is 15.5 Å². The molecule has 0 bridgehead atoms. The lowest BCUT2D eigenvalue weighted by Crippen LogP contribution is -2.49. The Balaban J connectivity index is 1.84. The quantitative estimate of drug-likeness (QED) is 0.815. The second-order valence-electron chi connectivity index (χ2n) is 5.88. The number of amides is 3. The van der Waals surface area contributed by atoms with Crippen molar-refractivity contribution in [2.45, 2.75) is 33.0 Å². The molecule has 0 aliphatic carbocycles. The van der Waals surface area contributed by atoms with Crippen molar-refractivity contribution in [2.24, 2.45) is 0 Å². The van der Waals surface area contributed by atoms with Crippen LogP contribution in [0.15, 0.2) is 60.7 Å². The van der Waals surface area contributed by atoms with E-state index in [1.54, 1.807) is 0 Å². The molecule has 5 nitrogen and oxygen atoms in total. The zero-order valence-corrected chi connectivity index (χ0v) is 14.7. The van der Waals surface area contributed by atoms with Crippen LogP contribution >= 0.6 is 0 Å². The average Bonchev–Trinajstić information content (AvgIpc) is 2.65. The van der Waals surface area contributed by atoms with Crippen molar-refractivity contribution in [3.63, 3.8) is 0 Å². The van der Waals surface area contributed by atoms with Crippen LogP contribution < -0.4 is 10.6 Å². The maximum atomic E-state index is 12.3. The number of nitrogens with one attached hydrogen (secondary N) is 2. The van der Waals surface area contributed by atoms with Crippen LogP contribution in [0.25, 0.3) is 0 Å². The summed E-state index contributed by atoms with van der Waals surface area (Å²) in [5, 5.41) is 5.12. The van der Waals surface area contributed by atoms with Gasteiger partial charge in [0.1, 0.15) is 0 Å². The molecule has 3 amide bonds. The van der Waals surface area contributed by atoms with Gasteiger partial charge < -0.3 is 5.32 Å². The molecule has 0 fully saturated rings. The van der Waals surface area contributed by atoms with Gasteiger partial charge in [-0.15, -0.1) is 0 Å². The number of benzene rings is 2. The number of carbonyl (C=O) groups is 2. The summed E-state index contributed by atoms with van der Waals surface area (Å²) in [6.45, 7) is 5.58. The van der Waals surface area contributed by atoms with Crippen LogP contribution in [0, 0.1) is 0 Å². The summed E-state index contributed by atoms with van der Waals surface area (Å²) in [7, 11) is 0. The minimum Gasteiger partial charge on any atom is -0.334 e. The first kappa shape index (κ1) is 18.7. The van der Waals surface area contributed by atoms with E-state index >= 15 is 0 Å². The van der Waals surface area contributed by atoms with Crippen LogP contribution in [-0.2, 0) is 17.9 Å². The Morgan fingerprint density at radius 3 is 2.08 bits per heavy atom. The number of imide groups is 1. The van der Waals surface area contributed by atoms with Gasteiger partial charge in [-0.25, -0.2) is 4.79 Å². The number of hydrogen-bond donors (Lipinski definition) is 2. The van der Waals surface area contributed by atoms with Gasteiger partial charge in [0.25, 0.3) is 0 Å². The van der Waals surface area contributed by atoms with Crippen molar-refractivity contribution >= 4 is 11.9 Å². The predicted octanol–water partition coefficient (Wildman–Crippen LogP) is 2.92. The second-order valence-corrected chi connectivity index (χ2v) is 5.88. The summed E-state index contributed by atoms with van der Waals surface area (Å²) in [5.41, 5.74) is 2.12. The van der Waals surface area contributed by atoms with E-state index in [1.165, 1.54) is 0 Å². The van der Waals surface area contributed by atoms with E-state index in [-0.39, 0.29) is 5.91 Å². The van der Waals surface area contributed by atoms with Gasteiger partial charge in [-0.1, -0.05) is 67.6 Å². The van der Waals surface area contributed by atoms with Crippen LogP contribution in [0.2, 0.25) is 0 Å². The third-order valence-corrected chi connectivity index (χ3v) is 4.09. The maximum Gasteiger partial charge on any atom is 0.321 e. The molecule has 25 heavy (non-hydrogen) atoms. The largest absolute Gasteiger partial charge is 0.334 e. The van der Waals surface area contributed by atoms with Gasteiger partial charge in [0.05, 0.1) is 6.04 Å². The molecule has 0 spiro atoms. The molecule has 0 aliphatic heterocycles. The molecule has 5 heteroatoms. The number of nitrogens with zero attached hydrogens (tertiary/aromatic N) is 1. The topological polar surface area (TPSA) is 61.4 Å². The van der Waals surface area contributed by atoms with Crippen molar-refractivity contribution in [3.8, 4) is 0 Å². The molecule has 0 radical (unpaired) electrons. The van der Waals surface area contributed by atoms with Crippen LogP contribution in [0.4, 0.5) is 4.79 Å². The van der Waals surface area contributed by atoms with Gasteiger partial charge in [0.2, 0.25) is 5.91 Å². The Bertz CT molecular complexity index is 674. The van der Waals surface area contributed by atoms with Gasteiger partial charge in [-0.05, 0) is 24.6 Å². The lowest BCUT2D eigenvalue weighted by molar-refractivity contribution is -0.124. The number of likely N-dealkylation sites (N-methyl/N-ethyl adjacent to an activating group) is 1. The summed E-state index contributed by atoms with van der Waals surface area (Å²) in [6.07, 6.45) is 0. The standard InChI is InChI=1S/C20H25N3O2/c1-3-23(15-18-12-8-5-9-13-18)16(2)19(24)22-20(25)21-14-17-10-6-4-7-11-17/h4-13,16H,3,14-15H2,1-2H3,(H2,21,22,24,25). The molecule has 2 aromatic carbocycles. The van der Waals surface area contributed by atoms with Crippen molar-refractivity contribution in [3.05, 3.63) is 71.8 Å². The zero-order chi connectivity index (χ0) is 18.1. The first-order valence-electron chi connectivity index (χ1n) is 8.50. The molecule has 2 rings (SSSR count). The first-order valence-corrected chi connectivity index (χ1v) is 8.50. The van der Waals surface area contributed by atoms with Crippen molar-refractivity contribution < 1.29 is 9.59 Å². The molecule has 0 aromatic heterocycles. The van der Waals surface area contributed by atoms with E-state index in [4.69, 9.17) is 0 Å². The lowest BCUT2D eigenvalue weighted by Gasteiger charge is -2.26. The van der Waals surface area contributed by atoms with E-state index in [0.717, 1.165) is 17.7 Å². The monoisotopic (exact) mass is 339 g/mol. The summed E-state index contributed by atoms with van der Waals surface area (Å²) >= 11 is 0. The van der Waals surface area contributed by atoms with E-state index in [1.807, 2.05) is 79.4 Å². The average molecular weight is 339 g/mol. The summed E-state index contributed by atoms with van der Waals surface area (Å²) in [5.74, 6) is -0.302. The smallest absolute Gasteiger partial charge is 0.321 e. The second kappa shape index (κ2) is 9.59. The van der Waals surface area contributed by atoms with E-state index in [2.05, 4.69) is 10.6 Å². The highest BCUT2D eigenvalue weighted by Crippen LogP contribution is 2.08. The number of rotatable bonds is 7. The molecule has 1 atom stereocenters. The number of urea groups is 1. The van der Waals surface area contributed by atoms with E-state index < -0.39 is 12.1 Å². The van der Waals surface area contributed by atoms with Crippen molar-refractivity contribution in [2.75, 3.05) is 6.54 Å². The van der Waals surface area contributed by atoms with Gasteiger partial charge >= 0.3 is 6.03 Å². The SMILES string of the molecule is CCN(Cc1ccccc1)C(C)C(=O)NC(=O)NCc1ccccc1. The van der Waals surface area contributed by atoms with Gasteiger partial charge in [-0.2, -0.15) is 0 Å². The molecule has 2 aromatic rings. The fourth-order valence-electron chi connectivity index (χ4n) is 2.55. The Morgan fingerprint density at radius 1 is 0.960 bits per heavy atom. The molecule has 0 heterocycles. The fraction of sp³-hybridized carbons (Fsp3) is 0.300. The molecule has 1 unspecified atom stereocenters. The Kier molecular flexibility index (Phi) is 7.16. The minimum atomic E-state index is -0.475. The molecular weight excluding hydrogens is 314 g/mol.